The zero-order valence-corrected chi connectivity index (χ0v) is 14.4. The number of aryl methyl sites for hydroxylation is 1. The van der Waals surface area contributed by atoms with Gasteiger partial charge in [0.2, 0.25) is 11.2 Å². The Morgan fingerprint density at radius 1 is 1.08 bits per heavy atom. The number of nitrogens with zero attached hydrogens (tertiary/aromatic N) is 4. The van der Waals surface area contributed by atoms with Crippen LogP contribution in [0.1, 0.15) is 5.56 Å². The summed E-state index contributed by atoms with van der Waals surface area (Å²) in [5, 5.41) is 8.55. The van der Waals surface area contributed by atoms with Gasteiger partial charge in [-0.1, -0.05) is 29.3 Å². The van der Waals surface area contributed by atoms with Gasteiger partial charge in [-0.3, -0.25) is 5.10 Å². The molecule has 0 aliphatic carbocycles. The molecule has 1 N–H and O–H groups in total. The van der Waals surface area contributed by atoms with Gasteiger partial charge in [0, 0.05) is 6.07 Å². The molecule has 0 aliphatic heterocycles. The molecular formula is C15H8Cl3N5O. The standard InChI is InChI=1S/C15H8Cl3N5O/c1-6-2-3-8-7(5-19-23-8)12(6)24-14-11-9(4-10(16)21-14)20-15(18)22-13(11)17/h2-5H,1H3,(H,19,23). The van der Waals surface area contributed by atoms with E-state index in [0.29, 0.717) is 16.7 Å². The number of H-pyrrole nitrogens is 1. The molecule has 3 heterocycles. The highest BCUT2D eigenvalue weighted by atomic mass is 35.5. The SMILES string of the molecule is Cc1ccc2[nH]ncc2c1Oc1nc(Cl)cc2nc(Cl)nc(Cl)c12. The molecule has 4 aromatic rings. The summed E-state index contributed by atoms with van der Waals surface area (Å²) >= 11 is 18.1. The quantitative estimate of drug-likeness (QED) is 0.302. The zero-order valence-electron chi connectivity index (χ0n) is 12.1. The van der Waals surface area contributed by atoms with E-state index in [9.17, 15) is 0 Å². The van der Waals surface area contributed by atoms with Gasteiger partial charge in [-0.15, -0.1) is 0 Å². The lowest BCUT2D eigenvalue weighted by Gasteiger charge is -2.12. The van der Waals surface area contributed by atoms with Crippen molar-refractivity contribution in [2.75, 3.05) is 0 Å². The number of rotatable bonds is 2. The van der Waals surface area contributed by atoms with E-state index in [-0.39, 0.29) is 21.5 Å². The number of hydrogen-bond donors (Lipinski definition) is 1. The second kappa shape index (κ2) is 5.73. The summed E-state index contributed by atoms with van der Waals surface area (Å²) in [6.07, 6.45) is 1.68. The van der Waals surface area contributed by atoms with Crippen molar-refractivity contribution in [3.05, 3.63) is 45.5 Å². The number of fused-ring (bicyclic) bond motifs is 2. The number of ether oxygens (including phenoxy) is 1. The van der Waals surface area contributed by atoms with E-state index < -0.39 is 0 Å². The molecule has 9 heteroatoms. The van der Waals surface area contributed by atoms with E-state index >= 15 is 0 Å². The Bertz CT molecular complexity index is 1090. The average Bonchev–Trinajstić information content (AvgIpc) is 2.97. The summed E-state index contributed by atoms with van der Waals surface area (Å²) < 4.78 is 6.03. The van der Waals surface area contributed by atoms with Gasteiger partial charge in [0.05, 0.1) is 22.6 Å². The number of hydrogen-bond acceptors (Lipinski definition) is 5. The third kappa shape index (κ3) is 2.53. The van der Waals surface area contributed by atoms with Gasteiger partial charge in [-0.25, -0.2) is 15.0 Å². The van der Waals surface area contributed by atoms with Gasteiger partial charge in [0.15, 0.2) is 0 Å². The monoisotopic (exact) mass is 379 g/mol. The first-order valence-corrected chi connectivity index (χ1v) is 7.96. The fourth-order valence-corrected chi connectivity index (χ4v) is 3.09. The molecule has 4 rings (SSSR count). The number of nitrogens with one attached hydrogen (secondary N) is 1. The van der Waals surface area contributed by atoms with Crippen molar-refractivity contribution in [2.45, 2.75) is 6.92 Å². The van der Waals surface area contributed by atoms with Gasteiger partial charge in [0.25, 0.3) is 0 Å². The first kappa shape index (κ1) is 15.4. The van der Waals surface area contributed by atoms with E-state index in [4.69, 9.17) is 39.5 Å². The predicted molar refractivity (Wildman–Crippen MR) is 93.3 cm³/mol. The van der Waals surface area contributed by atoms with Crippen LogP contribution in [0.5, 0.6) is 11.6 Å². The topological polar surface area (TPSA) is 76.6 Å². The first-order valence-electron chi connectivity index (χ1n) is 6.83. The van der Waals surface area contributed by atoms with E-state index in [1.807, 2.05) is 19.1 Å². The molecule has 24 heavy (non-hydrogen) atoms. The van der Waals surface area contributed by atoms with Crippen LogP contribution in [0.25, 0.3) is 21.8 Å². The maximum atomic E-state index is 6.21. The summed E-state index contributed by atoms with van der Waals surface area (Å²) in [6.45, 7) is 1.92. The van der Waals surface area contributed by atoms with Crippen LogP contribution in [0.15, 0.2) is 24.4 Å². The number of aromatic amines is 1. The van der Waals surface area contributed by atoms with Crippen molar-refractivity contribution in [3.63, 3.8) is 0 Å². The number of halogens is 3. The molecule has 6 nitrogen and oxygen atoms in total. The fraction of sp³-hybridized carbons (Fsp3) is 0.0667. The molecule has 0 spiro atoms. The van der Waals surface area contributed by atoms with Crippen molar-refractivity contribution in [3.8, 4) is 11.6 Å². The predicted octanol–water partition coefficient (Wildman–Crippen LogP) is 4.96. The van der Waals surface area contributed by atoms with Crippen molar-refractivity contribution < 1.29 is 4.74 Å². The lowest BCUT2D eigenvalue weighted by molar-refractivity contribution is 0.471. The van der Waals surface area contributed by atoms with Crippen LogP contribution >= 0.6 is 34.8 Å². The van der Waals surface area contributed by atoms with E-state index in [1.54, 1.807) is 12.3 Å². The summed E-state index contributed by atoms with van der Waals surface area (Å²) in [7, 11) is 0. The molecule has 120 valence electrons. The maximum Gasteiger partial charge on any atom is 0.233 e. The van der Waals surface area contributed by atoms with Gasteiger partial charge < -0.3 is 4.74 Å². The van der Waals surface area contributed by atoms with Crippen LogP contribution in [-0.2, 0) is 0 Å². The molecule has 0 atom stereocenters. The van der Waals surface area contributed by atoms with Crippen LogP contribution < -0.4 is 4.74 Å². The Balaban J connectivity index is 1.97. The minimum absolute atomic E-state index is 0.0221. The Kier molecular flexibility index (Phi) is 3.68. The molecule has 0 radical (unpaired) electrons. The smallest absolute Gasteiger partial charge is 0.233 e. The van der Waals surface area contributed by atoms with Crippen molar-refractivity contribution in [2.24, 2.45) is 0 Å². The van der Waals surface area contributed by atoms with E-state index in [0.717, 1.165) is 16.5 Å². The largest absolute Gasteiger partial charge is 0.437 e. The molecule has 0 saturated heterocycles. The third-order valence-corrected chi connectivity index (χ3v) is 4.15. The molecule has 0 saturated carbocycles. The van der Waals surface area contributed by atoms with Crippen molar-refractivity contribution >= 4 is 56.6 Å². The van der Waals surface area contributed by atoms with Crippen molar-refractivity contribution in [1.29, 1.82) is 0 Å². The summed E-state index contributed by atoms with van der Waals surface area (Å²) in [5.41, 5.74) is 2.20. The Labute approximate surface area is 150 Å². The summed E-state index contributed by atoms with van der Waals surface area (Å²) in [6, 6.07) is 5.38. The van der Waals surface area contributed by atoms with Crippen LogP contribution in [0, 0.1) is 6.92 Å². The van der Waals surface area contributed by atoms with Crippen molar-refractivity contribution in [1.82, 2.24) is 25.1 Å². The van der Waals surface area contributed by atoms with Gasteiger partial charge >= 0.3 is 0 Å². The van der Waals surface area contributed by atoms with Crippen LogP contribution in [0.3, 0.4) is 0 Å². The highest BCUT2D eigenvalue weighted by Crippen LogP contribution is 2.37. The number of benzene rings is 1. The lowest BCUT2D eigenvalue weighted by atomic mass is 10.1. The maximum absolute atomic E-state index is 6.21. The minimum Gasteiger partial charge on any atom is -0.437 e. The molecule has 1 aromatic carbocycles. The lowest BCUT2D eigenvalue weighted by Crippen LogP contribution is -1.96. The van der Waals surface area contributed by atoms with Gasteiger partial charge in [0.1, 0.15) is 21.4 Å². The van der Waals surface area contributed by atoms with Crippen LogP contribution in [0.2, 0.25) is 15.6 Å². The number of pyridine rings is 1. The number of aromatic nitrogens is 5. The average molecular weight is 381 g/mol. The van der Waals surface area contributed by atoms with E-state index in [2.05, 4.69) is 25.1 Å². The molecule has 3 aromatic heterocycles. The van der Waals surface area contributed by atoms with E-state index in [1.165, 1.54) is 0 Å². The Morgan fingerprint density at radius 3 is 2.75 bits per heavy atom. The molecule has 0 amide bonds. The highest BCUT2D eigenvalue weighted by molar-refractivity contribution is 6.36. The summed E-state index contributed by atoms with van der Waals surface area (Å²) in [5.74, 6) is 0.805. The van der Waals surface area contributed by atoms with Gasteiger partial charge in [-0.2, -0.15) is 5.10 Å². The minimum atomic E-state index is 0.0221. The molecule has 0 fully saturated rings. The Morgan fingerprint density at radius 2 is 1.92 bits per heavy atom. The Hall–Kier alpha value is -2.15. The van der Waals surface area contributed by atoms with Gasteiger partial charge in [-0.05, 0) is 30.2 Å². The first-order chi connectivity index (χ1) is 11.5. The summed E-state index contributed by atoms with van der Waals surface area (Å²) in [4.78, 5) is 12.3. The van der Waals surface area contributed by atoms with Crippen LogP contribution in [0.4, 0.5) is 0 Å². The zero-order chi connectivity index (χ0) is 16.8. The van der Waals surface area contributed by atoms with Crippen LogP contribution in [-0.4, -0.2) is 25.1 Å². The second-order valence-electron chi connectivity index (χ2n) is 5.07. The molecule has 0 unspecified atom stereocenters. The molecule has 0 aliphatic rings. The fourth-order valence-electron chi connectivity index (χ4n) is 2.43. The highest BCUT2D eigenvalue weighted by Gasteiger charge is 2.17. The molecule has 0 bridgehead atoms. The third-order valence-electron chi connectivity index (χ3n) is 3.51. The molecular weight excluding hydrogens is 373 g/mol. The normalized spacial score (nSPS) is 11.3. The second-order valence-corrected chi connectivity index (χ2v) is 6.16.